The maximum atomic E-state index is 14.9. The number of nitrogens with zero attached hydrogens (tertiary/aromatic N) is 1. The second-order valence-electron chi connectivity index (χ2n) is 8.03. The van der Waals surface area contributed by atoms with Gasteiger partial charge in [0.05, 0.1) is 6.61 Å². The van der Waals surface area contributed by atoms with E-state index in [0.29, 0.717) is 18.3 Å². The molecule has 2 heterocycles. The number of amides is 1. The van der Waals surface area contributed by atoms with E-state index in [4.69, 9.17) is 10.5 Å². The molecule has 0 radical (unpaired) electrons. The molecular weight excluding hydrogens is 350 g/mol. The van der Waals surface area contributed by atoms with Crippen LogP contribution < -0.4 is 10.5 Å². The van der Waals surface area contributed by atoms with E-state index < -0.39 is 17.9 Å². The van der Waals surface area contributed by atoms with Gasteiger partial charge in [0.15, 0.2) is 6.04 Å². The summed E-state index contributed by atoms with van der Waals surface area (Å²) < 4.78 is 35.4. The second kappa shape index (κ2) is 8.13. The molecule has 1 amide bonds. The topological polar surface area (TPSA) is 55.6 Å². The molecule has 2 N–H and O–H groups in total. The normalized spacial score (nSPS) is 26.1. The van der Waals surface area contributed by atoms with E-state index in [1.807, 2.05) is 0 Å². The average Bonchev–Trinajstić information content (AvgIpc) is 2.92. The van der Waals surface area contributed by atoms with E-state index in [0.717, 1.165) is 38.5 Å². The minimum absolute atomic E-state index is 0.0578. The lowest BCUT2D eigenvalue weighted by Crippen LogP contribution is -2.57. The van der Waals surface area contributed by atoms with Gasteiger partial charge in [-0.3, -0.25) is 4.79 Å². The Labute approximate surface area is 160 Å². The summed E-state index contributed by atoms with van der Waals surface area (Å²) in [5.74, 6) is -2.96. The van der Waals surface area contributed by atoms with E-state index in [-0.39, 0.29) is 17.6 Å². The summed E-state index contributed by atoms with van der Waals surface area (Å²) in [6, 6.07) is 3.90. The Bertz CT molecular complexity index is 636. The Morgan fingerprint density at radius 1 is 1.26 bits per heavy atom. The van der Waals surface area contributed by atoms with Crippen LogP contribution in [0.3, 0.4) is 0 Å². The molecule has 27 heavy (non-hydrogen) atoms. The molecule has 3 atom stereocenters. The van der Waals surface area contributed by atoms with Crippen LogP contribution in [0.15, 0.2) is 24.3 Å². The Hall–Kier alpha value is -1.69. The number of carbonyl (C=O) groups is 1. The van der Waals surface area contributed by atoms with Gasteiger partial charge in [-0.05, 0) is 62.3 Å². The SMILES string of the molecule is CCCCOc1ccc(C(F)(F)C(N)C(=O)N2C3CCC2CC(C)C3)cc1. The number of fused-ring (bicyclic) bond motifs is 2. The maximum absolute atomic E-state index is 14.9. The summed E-state index contributed by atoms with van der Waals surface area (Å²) >= 11 is 0. The molecule has 150 valence electrons. The zero-order valence-electron chi connectivity index (χ0n) is 16.2. The first-order valence-electron chi connectivity index (χ1n) is 10.0. The van der Waals surface area contributed by atoms with Gasteiger partial charge in [0.1, 0.15) is 5.75 Å². The minimum atomic E-state index is -3.42. The summed E-state index contributed by atoms with van der Waals surface area (Å²) in [6.45, 7) is 4.77. The lowest BCUT2D eigenvalue weighted by Gasteiger charge is -2.40. The number of halogens is 2. The summed E-state index contributed by atoms with van der Waals surface area (Å²) in [4.78, 5) is 14.5. The fraction of sp³-hybridized carbons (Fsp3) is 0.667. The standard InChI is InChI=1S/C21H30F2N2O2/c1-3-4-11-27-18-9-5-15(6-10-18)21(22,23)19(24)20(26)25-16-7-8-17(25)13-14(2)12-16/h5-6,9-10,14,16-17,19H,3-4,7-8,11-13,24H2,1-2H3. The first kappa shape index (κ1) is 20.1. The third kappa shape index (κ3) is 4.10. The lowest BCUT2D eigenvalue weighted by molar-refractivity contribution is -0.148. The van der Waals surface area contributed by atoms with Crippen LogP contribution in [-0.4, -0.2) is 35.5 Å². The number of carbonyl (C=O) groups excluding carboxylic acids is 1. The number of alkyl halides is 2. The predicted molar refractivity (Wildman–Crippen MR) is 101 cm³/mol. The van der Waals surface area contributed by atoms with E-state index in [1.165, 1.54) is 24.3 Å². The molecule has 2 saturated heterocycles. The van der Waals surface area contributed by atoms with Gasteiger partial charge in [0.25, 0.3) is 5.92 Å². The van der Waals surface area contributed by atoms with Gasteiger partial charge in [-0.15, -0.1) is 0 Å². The van der Waals surface area contributed by atoms with Gasteiger partial charge in [0.2, 0.25) is 5.91 Å². The third-order valence-corrected chi connectivity index (χ3v) is 5.89. The van der Waals surface area contributed by atoms with E-state index in [1.54, 1.807) is 4.90 Å². The van der Waals surface area contributed by atoms with Crippen molar-refractivity contribution in [1.82, 2.24) is 4.90 Å². The molecular formula is C21H30F2N2O2. The first-order valence-corrected chi connectivity index (χ1v) is 10.0. The van der Waals surface area contributed by atoms with E-state index in [9.17, 15) is 13.6 Å². The molecule has 2 aliphatic heterocycles. The highest BCUT2D eigenvalue weighted by molar-refractivity contribution is 5.84. The van der Waals surface area contributed by atoms with Crippen molar-refractivity contribution in [3.05, 3.63) is 29.8 Å². The number of nitrogens with two attached hydrogens (primary N) is 1. The fourth-order valence-corrected chi connectivity index (χ4v) is 4.41. The van der Waals surface area contributed by atoms with Crippen LogP contribution in [0.2, 0.25) is 0 Å². The lowest BCUT2D eigenvalue weighted by atomic mass is 9.91. The smallest absolute Gasteiger partial charge is 0.296 e. The van der Waals surface area contributed by atoms with Gasteiger partial charge in [-0.1, -0.05) is 20.3 Å². The Morgan fingerprint density at radius 2 is 1.85 bits per heavy atom. The highest BCUT2D eigenvalue weighted by Gasteiger charge is 2.50. The zero-order chi connectivity index (χ0) is 19.6. The van der Waals surface area contributed by atoms with Crippen molar-refractivity contribution in [2.75, 3.05) is 6.61 Å². The van der Waals surface area contributed by atoms with Crippen molar-refractivity contribution in [2.45, 2.75) is 76.4 Å². The second-order valence-corrected chi connectivity index (χ2v) is 8.03. The molecule has 0 saturated carbocycles. The number of hydrogen-bond acceptors (Lipinski definition) is 3. The maximum Gasteiger partial charge on any atom is 0.296 e. The quantitative estimate of drug-likeness (QED) is 0.726. The molecule has 3 unspecified atom stereocenters. The van der Waals surface area contributed by atoms with Crippen molar-refractivity contribution < 1.29 is 18.3 Å². The van der Waals surface area contributed by atoms with Crippen LogP contribution in [0.4, 0.5) is 8.78 Å². The summed E-state index contributed by atoms with van der Waals surface area (Å²) in [5, 5.41) is 0. The van der Waals surface area contributed by atoms with Gasteiger partial charge in [0, 0.05) is 17.6 Å². The highest BCUT2D eigenvalue weighted by atomic mass is 19.3. The van der Waals surface area contributed by atoms with Crippen LogP contribution in [0.25, 0.3) is 0 Å². The molecule has 0 aromatic heterocycles. The molecule has 3 rings (SSSR count). The Kier molecular flexibility index (Phi) is 6.04. The largest absolute Gasteiger partial charge is 0.494 e. The van der Waals surface area contributed by atoms with Crippen LogP contribution >= 0.6 is 0 Å². The van der Waals surface area contributed by atoms with Crippen molar-refractivity contribution >= 4 is 5.91 Å². The van der Waals surface area contributed by atoms with Crippen LogP contribution in [-0.2, 0) is 10.7 Å². The molecule has 0 aliphatic carbocycles. The number of rotatable bonds is 7. The Morgan fingerprint density at radius 3 is 2.41 bits per heavy atom. The number of benzene rings is 1. The van der Waals surface area contributed by atoms with Gasteiger partial charge in [-0.25, -0.2) is 0 Å². The van der Waals surface area contributed by atoms with Crippen molar-refractivity contribution in [3.8, 4) is 5.75 Å². The van der Waals surface area contributed by atoms with Crippen LogP contribution in [0, 0.1) is 5.92 Å². The number of ether oxygens (including phenoxy) is 1. The molecule has 4 nitrogen and oxygen atoms in total. The molecule has 0 spiro atoms. The number of hydrogen-bond donors (Lipinski definition) is 1. The highest BCUT2D eigenvalue weighted by Crippen LogP contribution is 2.41. The van der Waals surface area contributed by atoms with Crippen LogP contribution in [0.5, 0.6) is 5.75 Å². The average molecular weight is 380 g/mol. The number of unbranched alkanes of at least 4 members (excludes halogenated alkanes) is 1. The minimum Gasteiger partial charge on any atom is -0.494 e. The molecule has 2 fully saturated rings. The number of piperidine rings is 1. The van der Waals surface area contributed by atoms with E-state index in [2.05, 4.69) is 13.8 Å². The zero-order valence-corrected chi connectivity index (χ0v) is 16.2. The molecule has 2 aliphatic rings. The van der Waals surface area contributed by atoms with Crippen LogP contribution in [0.1, 0.15) is 57.9 Å². The third-order valence-electron chi connectivity index (χ3n) is 5.89. The van der Waals surface area contributed by atoms with Gasteiger partial charge >= 0.3 is 0 Å². The first-order chi connectivity index (χ1) is 12.8. The summed E-state index contributed by atoms with van der Waals surface area (Å²) in [5.41, 5.74) is 5.56. The molecule has 2 bridgehead atoms. The molecule has 1 aromatic rings. The Balaban J connectivity index is 1.69. The fourth-order valence-electron chi connectivity index (χ4n) is 4.41. The summed E-state index contributed by atoms with van der Waals surface area (Å²) in [7, 11) is 0. The molecule has 1 aromatic carbocycles. The monoisotopic (exact) mass is 380 g/mol. The van der Waals surface area contributed by atoms with Gasteiger partial charge in [-0.2, -0.15) is 8.78 Å². The molecule has 6 heteroatoms. The van der Waals surface area contributed by atoms with E-state index >= 15 is 0 Å². The van der Waals surface area contributed by atoms with Crippen molar-refractivity contribution in [3.63, 3.8) is 0 Å². The predicted octanol–water partition coefficient (Wildman–Crippen LogP) is 4.07. The summed E-state index contributed by atoms with van der Waals surface area (Å²) in [6.07, 6.45) is 5.46. The van der Waals surface area contributed by atoms with Crippen molar-refractivity contribution in [2.24, 2.45) is 11.7 Å². The van der Waals surface area contributed by atoms with Crippen molar-refractivity contribution in [1.29, 1.82) is 0 Å². The van der Waals surface area contributed by atoms with Gasteiger partial charge < -0.3 is 15.4 Å².